The summed E-state index contributed by atoms with van der Waals surface area (Å²) < 4.78 is 0. The standard InChI is InChI=1S/C14H19NO3S/c1-14(18)5-2-6-15(10-14)8-12-7-11(9-19-12)3-4-13(16)17/h3-4,7,9,18H,2,5-6,8,10H2,1H3,(H,16,17)/b4-3+. The average Bonchev–Trinajstić information content (AvgIpc) is 2.73. The molecule has 5 heteroatoms. The molecule has 1 unspecified atom stereocenters. The van der Waals surface area contributed by atoms with E-state index in [1.165, 1.54) is 4.88 Å². The van der Waals surface area contributed by atoms with E-state index in [1.807, 2.05) is 18.4 Å². The predicted molar refractivity (Wildman–Crippen MR) is 76.1 cm³/mol. The molecule has 1 aromatic rings. The Kier molecular flexibility index (Phi) is 4.39. The van der Waals surface area contributed by atoms with Crippen molar-refractivity contribution in [1.29, 1.82) is 0 Å². The van der Waals surface area contributed by atoms with Crippen LogP contribution in [0.1, 0.15) is 30.2 Å². The molecule has 0 aromatic carbocycles. The maximum Gasteiger partial charge on any atom is 0.328 e. The molecule has 2 rings (SSSR count). The first-order valence-corrected chi connectivity index (χ1v) is 7.26. The molecule has 1 aliphatic rings. The van der Waals surface area contributed by atoms with Gasteiger partial charge in [0.25, 0.3) is 0 Å². The number of β-amino-alcohol motifs (C(OH)–C–C–N with tert-alkyl or cyclic N) is 1. The van der Waals surface area contributed by atoms with Gasteiger partial charge < -0.3 is 10.2 Å². The van der Waals surface area contributed by atoms with Crippen molar-refractivity contribution in [2.75, 3.05) is 13.1 Å². The first kappa shape index (κ1) is 14.2. The summed E-state index contributed by atoms with van der Waals surface area (Å²) in [6.45, 7) is 4.41. The Hall–Kier alpha value is -1.17. The van der Waals surface area contributed by atoms with E-state index >= 15 is 0 Å². The molecule has 0 bridgehead atoms. The second-order valence-corrected chi connectivity index (χ2v) is 6.32. The Morgan fingerprint density at radius 3 is 3.11 bits per heavy atom. The Labute approximate surface area is 117 Å². The number of likely N-dealkylation sites (tertiary alicyclic amines) is 1. The summed E-state index contributed by atoms with van der Waals surface area (Å²) in [4.78, 5) is 13.9. The Morgan fingerprint density at radius 1 is 1.63 bits per heavy atom. The molecule has 2 N–H and O–H groups in total. The van der Waals surface area contributed by atoms with Crippen molar-refractivity contribution >= 4 is 23.4 Å². The molecule has 0 aliphatic carbocycles. The number of thiophene rings is 1. The third kappa shape index (κ3) is 4.45. The van der Waals surface area contributed by atoms with Gasteiger partial charge in [-0.05, 0) is 49.4 Å². The number of aliphatic hydroxyl groups is 1. The minimum Gasteiger partial charge on any atom is -0.478 e. The van der Waals surface area contributed by atoms with Crippen LogP contribution in [0.5, 0.6) is 0 Å². The van der Waals surface area contributed by atoms with Crippen LogP contribution in [0.15, 0.2) is 17.5 Å². The fourth-order valence-corrected chi connectivity index (χ4v) is 3.31. The van der Waals surface area contributed by atoms with E-state index < -0.39 is 11.6 Å². The summed E-state index contributed by atoms with van der Waals surface area (Å²) in [5.74, 6) is -0.931. The molecule has 2 heterocycles. The highest BCUT2D eigenvalue weighted by atomic mass is 32.1. The van der Waals surface area contributed by atoms with Gasteiger partial charge in [-0.1, -0.05) is 0 Å². The van der Waals surface area contributed by atoms with Crippen LogP contribution in [-0.4, -0.2) is 39.8 Å². The zero-order valence-electron chi connectivity index (χ0n) is 11.0. The van der Waals surface area contributed by atoms with Crippen molar-refractivity contribution in [3.05, 3.63) is 28.0 Å². The molecule has 1 atom stereocenters. The fourth-order valence-electron chi connectivity index (χ4n) is 2.41. The van der Waals surface area contributed by atoms with Crippen LogP contribution >= 0.6 is 11.3 Å². The van der Waals surface area contributed by atoms with Gasteiger partial charge in [-0.25, -0.2) is 4.79 Å². The maximum atomic E-state index is 10.4. The zero-order valence-corrected chi connectivity index (χ0v) is 11.8. The minimum atomic E-state index is -0.931. The van der Waals surface area contributed by atoms with Crippen molar-refractivity contribution in [1.82, 2.24) is 4.90 Å². The van der Waals surface area contributed by atoms with E-state index in [0.29, 0.717) is 6.54 Å². The molecule has 104 valence electrons. The van der Waals surface area contributed by atoms with Crippen LogP contribution in [0.4, 0.5) is 0 Å². The lowest BCUT2D eigenvalue weighted by molar-refractivity contribution is -0.131. The smallest absolute Gasteiger partial charge is 0.328 e. The van der Waals surface area contributed by atoms with Gasteiger partial charge in [0.15, 0.2) is 0 Å². The predicted octanol–water partition coefficient (Wildman–Crippen LogP) is 2.19. The van der Waals surface area contributed by atoms with Crippen LogP contribution in [0.2, 0.25) is 0 Å². The summed E-state index contributed by atoms with van der Waals surface area (Å²) in [6.07, 6.45) is 4.64. The van der Waals surface area contributed by atoms with Crippen molar-refractivity contribution in [3.8, 4) is 0 Å². The molecule has 4 nitrogen and oxygen atoms in total. The van der Waals surface area contributed by atoms with E-state index in [9.17, 15) is 9.90 Å². The van der Waals surface area contributed by atoms with E-state index in [4.69, 9.17) is 5.11 Å². The third-order valence-corrected chi connectivity index (χ3v) is 4.17. The van der Waals surface area contributed by atoms with Crippen molar-refractivity contribution < 1.29 is 15.0 Å². The van der Waals surface area contributed by atoms with E-state index in [2.05, 4.69) is 4.90 Å². The van der Waals surface area contributed by atoms with Crippen molar-refractivity contribution in [2.45, 2.75) is 31.9 Å². The number of piperidine rings is 1. The number of rotatable bonds is 4. The second kappa shape index (κ2) is 5.86. The molecule has 1 fully saturated rings. The number of carbonyl (C=O) groups is 1. The molecular weight excluding hydrogens is 262 g/mol. The number of aliphatic carboxylic acids is 1. The highest BCUT2D eigenvalue weighted by molar-refractivity contribution is 7.10. The van der Waals surface area contributed by atoms with Gasteiger partial charge in [0.2, 0.25) is 0 Å². The Balaban J connectivity index is 1.94. The summed E-state index contributed by atoms with van der Waals surface area (Å²) in [5.41, 5.74) is 0.341. The summed E-state index contributed by atoms with van der Waals surface area (Å²) in [7, 11) is 0. The average molecular weight is 281 g/mol. The number of carboxylic acid groups (broad SMARTS) is 1. The number of hydrogen-bond acceptors (Lipinski definition) is 4. The number of carboxylic acids is 1. The van der Waals surface area contributed by atoms with Gasteiger partial charge in [0.05, 0.1) is 5.60 Å². The fraction of sp³-hybridized carbons (Fsp3) is 0.500. The zero-order chi connectivity index (χ0) is 13.9. The molecule has 0 spiro atoms. The maximum absolute atomic E-state index is 10.4. The lowest BCUT2D eigenvalue weighted by atomic mass is 9.95. The molecule has 1 aliphatic heterocycles. The van der Waals surface area contributed by atoms with Crippen LogP contribution in [0.25, 0.3) is 6.08 Å². The monoisotopic (exact) mass is 281 g/mol. The van der Waals surface area contributed by atoms with Gasteiger partial charge >= 0.3 is 5.97 Å². The summed E-state index contributed by atoms with van der Waals surface area (Å²) in [5, 5.41) is 20.6. The topological polar surface area (TPSA) is 60.8 Å². The van der Waals surface area contributed by atoms with Gasteiger partial charge in [-0.3, -0.25) is 4.90 Å². The first-order valence-electron chi connectivity index (χ1n) is 6.38. The van der Waals surface area contributed by atoms with Gasteiger partial charge in [0, 0.05) is 24.0 Å². The molecular formula is C14H19NO3S. The Bertz CT molecular complexity index is 479. The molecule has 0 amide bonds. The van der Waals surface area contributed by atoms with Crippen molar-refractivity contribution in [3.63, 3.8) is 0 Å². The van der Waals surface area contributed by atoms with Gasteiger partial charge in [-0.2, -0.15) is 0 Å². The minimum absolute atomic E-state index is 0.582. The number of nitrogens with zero attached hydrogens (tertiary/aromatic N) is 1. The van der Waals surface area contributed by atoms with Crippen molar-refractivity contribution in [2.24, 2.45) is 0 Å². The SMILES string of the molecule is CC1(O)CCCN(Cc2cc(/C=C/C(=O)O)cs2)C1. The normalized spacial score (nSPS) is 24.9. The summed E-state index contributed by atoms with van der Waals surface area (Å²) in [6, 6.07) is 2.01. The second-order valence-electron chi connectivity index (χ2n) is 5.33. The molecule has 1 saturated heterocycles. The van der Waals surface area contributed by atoms with E-state index in [0.717, 1.165) is 37.6 Å². The lowest BCUT2D eigenvalue weighted by Crippen LogP contribution is -2.45. The van der Waals surface area contributed by atoms with Crippen LogP contribution in [0, 0.1) is 0 Å². The first-order chi connectivity index (χ1) is 8.94. The Morgan fingerprint density at radius 2 is 2.42 bits per heavy atom. The van der Waals surface area contributed by atoms with Crippen LogP contribution in [-0.2, 0) is 11.3 Å². The molecule has 19 heavy (non-hydrogen) atoms. The summed E-state index contributed by atoms with van der Waals surface area (Å²) >= 11 is 1.63. The van der Waals surface area contributed by atoms with Gasteiger partial charge in [0.1, 0.15) is 0 Å². The van der Waals surface area contributed by atoms with E-state index in [1.54, 1.807) is 17.4 Å². The lowest BCUT2D eigenvalue weighted by Gasteiger charge is -2.36. The van der Waals surface area contributed by atoms with E-state index in [-0.39, 0.29) is 0 Å². The highest BCUT2D eigenvalue weighted by Crippen LogP contribution is 2.24. The quantitative estimate of drug-likeness (QED) is 0.831. The van der Waals surface area contributed by atoms with Gasteiger partial charge in [-0.15, -0.1) is 11.3 Å². The van der Waals surface area contributed by atoms with Crippen LogP contribution < -0.4 is 0 Å². The molecule has 0 saturated carbocycles. The third-order valence-electron chi connectivity index (χ3n) is 3.23. The number of hydrogen-bond donors (Lipinski definition) is 2. The highest BCUT2D eigenvalue weighted by Gasteiger charge is 2.28. The largest absolute Gasteiger partial charge is 0.478 e. The molecule has 1 aromatic heterocycles. The van der Waals surface area contributed by atoms with Crippen LogP contribution in [0.3, 0.4) is 0 Å². The molecule has 0 radical (unpaired) electrons.